The summed E-state index contributed by atoms with van der Waals surface area (Å²) in [4.78, 5) is 12.2. The minimum Gasteiger partial charge on any atom is -0.355 e. The molecular formula is C24H43N2O3PS. The van der Waals surface area contributed by atoms with Crippen LogP contribution < -0.4 is 0 Å². The zero-order chi connectivity index (χ0) is 23.6. The Hall–Kier alpha value is -0.490. The summed E-state index contributed by atoms with van der Waals surface area (Å²) in [5.74, 6) is 0.746. The summed E-state index contributed by atoms with van der Waals surface area (Å²) in [5.41, 5.74) is 1.92. The summed E-state index contributed by atoms with van der Waals surface area (Å²) in [6.45, 7) is 20.7. The van der Waals surface area contributed by atoms with Gasteiger partial charge in [0, 0.05) is 35.5 Å². The quantitative estimate of drug-likeness (QED) is 0.171. The molecule has 0 amide bonds. The molecule has 0 aromatic heterocycles. The minimum absolute atomic E-state index is 0.119. The van der Waals surface area contributed by atoms with Crippen molar-refractivity contribution in [2.24, 2.45) is 0 Å². The molecule has 0 bridgehead atoms. The third-order valence-corrected chi connectivity index (χ3v) is 8.68. The van der Waals surface area contributed by atoms with Crippen LogP contribution in [-0.4, -0.2) is 57.8 Å². The first-order chi connectivity index (χ1) is 14.6. The topological polar surface area (TPSA) is 42.0 Å². The van der Waals surface area contributed by atoms with Gasteiger partial charge in [-0.1, -0.05) is 41.6 Å². The number of carbonyl (C=O) groups is 1. The molecule has 31 heavy (non-hydrogen) atoms. The van der Waals surface area contributed by atoms with E-state index < -0.39 is 8.45 Å². The van der Waals surface area contributed by atoms with Crippen molar-refractivity contribution < 1.29 is 14.1 Å². The average molecular weight is 471 g/mol. The molecule has 178 valence electrons. The van der Waals surface area contributed by atoms with Crippen LogP contribution in [0.1, 0.15) is 77.7 Å². The van der Waals surface area contributed by atoms with E-state index >= 15 is 0 Å². The number of nitrogens with zero attached hydrogens (tertiary/aromatic N) is 2. The third-order valence-electron chi connectivity index (χ3n) is 4.72. The Morgan fingerprint density at radius 3 is 1.84 bits per heavy atom. The van der Waals surface area contributed by atoms with Crippen LogP contribution in [0, 0.1) is 6.92 Å². The maximum absolute atomic E-state index is 12.2. The van der Waals surface area contributed by atoms with Gasteiger partial charge in [-0.15, -0.1) is 0 Å². The van der Waals surface area contributed by atoms with E-state index in [-0.39, 0.29) is 11.9 Å². The van der Waals surface area contributed by atoms with Gasteiger partial charge in [-0.05, 0) is 68.7 Å². The lowest BCUT2D eigenvalue weighted by Crippen LogP contribution is -2.43. The first-order valence-electron chi connectivity index (χ1n) is 11.4. The van der Waals surface area contributed by atoms with Crippen LogP contribution in [0.3, 0.4) is 0 Å². The second-order valence-corrected chi connectivity index (χ2v) is 11.7. The maximum atomic E-state index is 12.2. The number of rotatable bonds is 14. The molecular weight excluding hydrogens is 427 g/mol. The van der Waals surface area contributed by atoms with Crippen molar-refractivity contribution in [3.05, 3.63) is 35.4 Å². The zero-order valence-electron chi connectivity index (χ0n) is 20.9. The number of carbonyl (C=O) groups excluding carboxylic acids is 1. The number of thioether (sulfide) groups is 1. The minimum atomic E-state index is -0.931. The second-order valence-electron chi connectivity index (χ2n) is 8.90. The standard InChI is InChI=1S/C24H43N2O3PS/c1-18(2)25(19(3)4)30(26(20(5)6)21(7)8)29-17-28-15-10-16-31-24(27)23-13-11-22(9)12-14-23/h11-14,18-21H,10,15-17H2,1-9H3. The Morgan fingerprint density at radius 2 is 1.39 bits per heavy atom. The van der Waals surface area contributed by atoms with Crippen molar-refractivity contribution in [1.29, 1.82) is 0 Å². The van der Waals surface area contributed by atoms with Crippen LogP contribution >= 0.6 is 20.2 Å². The van der Waals surface area contributed by atoms with Crippen molar-refractivity contribution in [1.82, 2.24) is 9.34 Å². The number of aryl methyl sites for hydroxylation is 1. The van der Waals surface area contributed by atoms with Gasteiger partial charge in [-0.3, -0.25) is 4.79 Å². The molecule has 5 nitrogen and oxygen atoms in total. The first kappa shape index (κ1) is 28.5. The monoisotopic (exact) mass is 470 g/mol. The molecule has 0 saturated carbocycles. The van der Waals surface area contributed by atoms with Gasteiger partial charge in [0.2, 0.25) is 5.12 Å². The number of benzene rings is 1. The fraction of sp³-hybridized carbons (Fsp3) is 0.708. The molecule has 0 heterocycles. The largest absolute Gasteiger partial charge is 0.355 e. The molecule has 0 fully saturated rings. The van der Waals surface area contributed by atoms with E-state index in [9.17, 15) is 4.79 Å². The van der Waals surface area contributed by atoms with Gasteiger partial charge in [-0.25, -0.2) is 9.34 Å². The predicted octanol–water partition coefficient (Wildman–Crippen LogP) is 6.71. The molecule has 0 radical (unpaired) electrons. The SMILES string of the molecule is Cc1ccc(C(=O)SCCCOCOP(N(C(C)C)C(C)C)N(C(C)C)C(C)C)cc1. The summed E-state index contributed by atoms with van der Waals surface area (Å²) >= 11 is 1.35. The van der Waals surface area contributed by atoms with Gasteiger partial charge >= 0.3 is 0 Å². The molecule has 1 aromatic carbocycles. The Kier molecular flexibility index (Phi) is 13.5. The van der Waals surface area contributed by atoms with Crippen LogP contribution in [0.15, 0.2) is 24.3 Å². The molecule has 0 unspecified atom stereocenters. The third kappa shape index (κ3) is 9.89. The van der Waals surface area contributed by atoms with Crippen molar-refractivity contribution in [2.75, 3.05) is 19.2 Å². The molecule has 0 aliphatic rings. The predicted molar refractivity (Wildman–Crippen MR) is 136 cm³/mol. The highest BCUT2D eigenvalue weighted by Gasteiger charge is 2.34. The number of hydrogen-bond donors (Lipinski definition) is 0. The van der Waals surface area contributed by atoms with Crippen molar-refractivity contribution >= 4 is 25.3 Å². The zero-order valence-corrected chi connectivity index (χ0v) is 22.6. The molecule has 0 atom stereocenters. The van der Waals surface area contributed by atoms with Gasteiger partial charge in [0.05, 0.1) is 6.61 Å². The highest BCUT2D eigenvalue weighted by molar-refractivity contribution is 8.14. The average Bonchev–Trinajstić information content (AvgIpc) is 2.66. The molecule has 0 saturated heterocycles. The fourth-order valence-corrected chi connectivity index (χ4v) is 6.48. The van der Waals surface area contributed by atoms with Crippen LogP contribution in [0.4, 0.5) is 0 Å². The van der Waals surface area contributed by atoms with Crippen LogP contribution in [0.2, 0.25) is 0 Å². The van der Waals surface area contributed by atoms with Gasteiger partial charge in [0.25, 0.3) is 0 Å². The van der Waals surface area contributed by atoms with Gasteiger partial charge < -0.3 is 9.26 Å². The summed E-state index contributed by atoms with van der Waals surface area (Å²) in [7, 11) is -0.931. The molecule has 7 heteroatoms. The van der Waals surface area contributed by atoms with Crippen molar-refractivity contribution in [2.45, 2.75) is 92.9 Å². The fourth-order valence-electron chi connectivity index (χ4n) is 3.48. The van der Waals surface area contributed by atoms with E-state index in [2.05, 4.69) is 64.7 Å². The van der Waals surface area contributed by atoms with Crippen LogP contribution in [0.5, 0.6) is 0 Å². The summed E-state index contributed by atoms with van der Waals surface area (Å²) in [6, 6.07) is 9.27. The number of ether oxygens (including phenoxy) is 1. The smallest absolute Gasteiger partial charge is 0.219 e. The molecule has 0 aliphatic carbocycles. The van der Waals surface area contributed by atoms with Crippen LogP contribution in [0.25, 0.3) is 0 Å². The Morgan fingerprint density at radius 1 is 0.903 bits per heavy atom. The van der Waals surface area contributed by atoms with Crippen LogP contribution in [-0.2, 0) is 9.26 Å². The van der Waals surface area contributed by atoms with Crippen molar-refractivity contribution in [3.63, 3.8) is 0 Å². The molecule has 0 spiro atoms. The summed E-state index contributed by atoms with van der Waals surface area (Å²) in [5, 5.41) is 0.119. The highest BCUT2D eigenvalue weighted by Crippen LogP contribution is 2.50. The molecule has 1 rings (SSSR count). The Labute approximate surface area is 196 Å². The van der Waals surface area contributed by atoms with E-state index in [1.165, 1.54) is 11.8 Å². The van der Waals surface area contributed by atoms with E-state index in [1.807, 2.05) is 31.2 Å². The molecule has 0 N–H and O–H groups in total. The van der Waals surface area contributed by atoms with E-state index in [0.717, 1.165) is 23.3 Å². The van der Waals surface area contributed by atoms with Gasteiger partial charge in [0.1, 0.15) is 0 Å². The number of hydrogen-bond acceptors (Lipinski definition) is 6. The maximum Gasteiger partial charge on any atom is 0.219 e. The van der Waals surface area contributed by atoms with Gasteiger partial charge in [0.15, 0.2) is 15.2 Å². The van der Waals surface area contributed by atoms with E-state index in [4.69, 9.17) is 9.26 Å². The van der Waals surface area contributed by atoms with Gasteiger partial charge in [-0.2, -0.15) is 0 Å². The highest BCUT2D eigenvalue weighted by atomic mass is 32.2. The lowest BCUT2D eigenvalue weighted by atomic mass is 10.2. The normalized spacial score (nSPS) is 12.5. The summed E-state index contributed by atoms with van der Waals surface area (Å²) in [6.07, 6.45) is 0.819. The lowest BCUT2D eigenvalue weighted by Gasteiger charge is -2.45. The van der Waals surface area contributed by atoms with E-state index in [0.29, 0.717) is 30.8 Å². The lowest BCUT2D eigenvalue weighted by molar-refractivity contribution is 0.00844. The Balaban J connectivity index is 2.50. The molecule has 1 aromatic rings. The second kappa shape index (κ2) is 14.6. The molecule has 0 aliphatic heterocycles. The van der Waals surface area contributed by atoms with Crippen molar-refractivity contribution in [3.8, 4) is 0 Å². The summed E-state index contributed by atoms with van der Waals surface area (Å²) < 4.78 is 17.0. The van der Waals surface area contributed by atoms with E-state index in [1.54, 1.807) is 0 Å². The first-order valence-corrected chi connectivity index (χ1v) is 13.5. The Bertz CT molecular complexity index is 602.